The van der Waals surface area contributed by atoms with Crippen LogP contribution in [0.3, 0.4) is 0 Å². The van der Waals surface area contributed by atoms with Crippen molar-refractivity contribution in [2.45, 2.75) is 11.8 Å². The Bertz CT molecular complexity index is 745. The summed E-state index contributed by atoms with van der Waals surface area (Å²) < 4.78 is 53.5. The zero-order valence-electron chi connectivity index (χ0n) is 13.5. The SMILES string of the molecule is CCN(CCS(=O)(=O)N1CCNCC1)S(=O)(=O)c1ccc(Br)cc1. The molecule has 0 amide bonds. The van der Waals surface area contributed by atoms with E-state index in [2.05, 4.69) is 21.2 Å². The molecule has 0 aliphatic carbocycles. The lowest BCUT2D eigenvalue weighted by molar-refractivity contribution is 0.357. The minimum atomic E-state index is -3.70. The monoisotopic (exact) mass is 439 g/mol. The smallest absolute Gasteiger partial charge is 0.243 e. The number of rotatable bonds is 7. The van der Waals surface area contributed by atoms with Gasteiger partial charge < -0.3 is 5.32 Å². The quantitative estimate of drug-likeness (QED) is 0.675. The summed E-state index contributed by atoms with van der Waals surface area (Å²) >= 11 is 3.27. The predicted molar refractivity (Wildman–Crippen MR) is 96.8 cm³/mol. The van der Waals surface area contributed by atoms with E-state index in [-0.39, 0.29) is 23.7 Å². The summed E-state index contributed by atoms with van der Waals surface area (Å²) in [5.41, 5.74) is 0. The topological polar surface area (TPSA) is 86.8 Å². The molecule has 136 valence electrons. The molecule has 1 N–H and O–H groups in total. The lowest BCUT2D eigenvalue weighted by atomic mass is 10.4. The van der Waals surface area contributed by atoms with Gasteiger partial charge >= 0.3 is 0 Å². The Labute approximate surface area is 152 Å². The molecule has 2 rings (SSSR count). The highest BCUT2D eigenvalue weighted by Crippen LogP contribution is 2.19. The van der Waals surface area contributed by atoms with Crippen LogP contribution in [0.4, 0.5) is 0 Å². The van der Waals surface area contributed by atoms with Crippen LogP contribution in [-0.2, 0) is 20.0 Å². The molecule has 0 bridgehead atoms. The molecular weight excluding hydrogens is 418 g/mol. The van der Waals surface area contributed by atoms with Crippen molar-refractivity contribution >= 4 is 36.0 Å². The zero-order valence-corrected chi connectivity index (χ0v) is 16.7. The minimum Gasteiger partial charge on any atom is -0.314 e. The molecule has 7 nitrogen and oxygen atoms in total. The molecule has 0 unspecified atom stereocenters. The molecule has 1 heterocycles. The number of halogens is 1. The van der Waals surface area contributed by atoms with Crippen molar-refractivity contribution in [1.82, 2.24) is 13.9 Å². The standard InChI is InChI=1S/C14H22BrN3O4S2/c1-2-17(24(21,22)14-5-3-13(15)4-6-14)11-12-23(19,20)18-9-7-16-8-10-18/h3-6,16H,2,7-12H2,1H3. The van der Waals surface area contributed by atoms with Gasteiger partial charge in [0, 0.05) is 43.7 Å². The number of hydrogen-bond donors (Lipinski definition) is 1. The summed E-state index contributed by atoms with van der Waals surface area (Å²) in [7, 11) is -7.16. The maximum Gasteiger partial charge on any atom is 0.243 e. The van der Waals surface area contributed by atoms with E-state index in [4.69, 9.17) is 0 Å². The third-order valence-corrected chi connectivity index (χ3v) is 8.24. The van der Waals surface area contributed by atoms with Crippen LogP contribution in [0.5, 0.6) is 0 Å². The van der Waals surface area contributed by atoms with Crippen LogP contribution < -0.4 is 5.32 Å². The van der Waals surface area contributed by atoms with Crippen LogP contribution in [0.15, 0.2) is 33.6 Å². The van der Waals surface area contributed by atoms with Gasteiger partial charge in [-0.2, -0.15) is 8.61 Å². The molecular formula is C14H22BrN3O4S2. The van der Waals surface area contributed by atoms with E-state index in [0.29, 0.717) is 26.2 Å². The van der Waals surface area contributed by atoms with Gasteiger partial charge in [-0.25, -0.2) is 16.8 Å². The highest BCUT2D eigenvalue weighted by Gasteiger charge is 2.28. The van der Waals surface area contributed by atoms with Crippen molar-refractivity contribution in [2.24, 2.45) is 0 Å². The van der Waals surface area contributed by atoms with E-state index in [9.17, 15) is 16.8 Å². The normalized spacial score (nSPS) is 17.3. The second-order valence-electron chi connectivity index (χ2n) is 5.42. The first-order valence-corrected chi connectivity index (χ1v) is 11.6. The Balaban J connectivity index is 2.09. The molecule has 0 spiro atoms. The highest BCUT2D eigenvalue weighted by molar-refractivity contribution is 9.10. The first kappa shape index (κ1) is 19.8. The Morgan fingerprint density at radius 3 is 2.25 bits per heavy atom. The fourth-order valence-electron chi connectivity index (χ4n) is 2.47. The van der Waals surface area contributed by atoms with Crippen LogP contribution in [0.25, 0.3) is 0 Å². The molecule has 0 aromatic heterocycles. The lowest BCUT2D eigenvalue weighted by Crippen LogP contribution is -2.48. The number of hydrogen-bond acceptors (Lipinski definition) is 5. The Hall–Kier alpha value is -0.520. The number of benzene rings is 1. The van der Waals surface area contributed by atoms with E-state index in [1.54, 1.807) is 19.1 Å². The highest BCUT2D eigenvalue weighted by atomic mass is 79.9. The van der Waals surface area contributed by atoms with Gasteiger partial charge in [-0.05, 0) is 24.3 Å². The van der Waals surface area contributed by atoms with Crippen LogP contribution in [0.2, 0.25) is 0 Å². The van der Waals surface area contributed by atoms with Crippen molar-refractivity contribution in [2.75, 3.05) is 45.0 Å². The van der Waals surface area contributed by atoms with Crippen LogP contribution in [-0.4, -0.2) is 70.5 Å². The van der Waals surface area contributed by atoms with Gasteiger partial charge in [0.15, 0.2) is 0 Å². The fraction of sp³-hybridized carbons (Fsp3) is 0.571. The van der Waals surface area contributed by atoms with Crippen LogP contribution in [0, 0.1) is 0 Å². The van der Waals surface area contributed by atoms with Gasteiger partial charge in [-0.1, -0.05) is 22.9 Å². The molecule has 0 saturated carbocycles. The Morgan fingerprint density at radius 2 is 1.71 bits per heavy atom. The Kier molecular flexibility index (Phi) is 6.80. The maximum absolute atomic E-state index is 12.7. The van der Waals surface area contributed by atoms with E-state index in [0.717, 1.165) is 4.47 Å². The van der Waals surface area contributed by atoms with Crippen molar-refractivity contribution in [3.8, 4) is 0 Å². The summed E-state index contributed by atoms with van der Waals surface area (Å²) in [6.45, 7) is 3.95. The summed E-state index contributed by atoms with van der Waals surface area (Å²) in [6.07, 6.45) is 0. The van der Waals surface area contributed by atoms with Crippen molar-refractivity contribution in [3.05, 3.63) is 28.7 Å². The molecule has 1 fully saturated rings. The molecule has 1 aromatic carbocycles. The van der Waals surface area contributed by atoms with E-state index in [1.165, 1.54) is 20.7 Å². The second-order valence-corrected chi connectivity index (χ2v) is 10.4. The van der Waals surface area contributed by atoms with Crippen LogP contribution >= 0.6 is 15.9 Å². The zero-order chi connectivity index (χ0) is 17.8. The molecule has 10 heteroatoms. The average Bonchev–Trinajstić information content (AvgIpc) is 2.56. The lowest BCUT2D eigenvalue weighted by Gasteiger charge is -2.28. The molecule has 1 saturated heterocycles. The summed E-state index contributed by atoms with van der Waals surface area (Å²) in [6, 6.07) is 6.32. The molecule has 0 atom stereocenters. The largest absolute Gasteiger partial charge is 0.314 e. The minimum absolute atomic E-state index is 0.0544. The molecule has 24 heavy (non-hydrogen) atoms. The average molecular weight is 440 g/mol. The number of piperazine rings is 1. The number of nitrogens with one attached hydrogen (secondary N) is 1. The van der Waals surface area contributed by atoms with Crippen molar-refractivity contribution in [3.63, 3.8) is 0 Å². The van der Waals surface area contributed by atoms with E-state index in [1.807, 2.05) is 0 Å². The second kappa shape index (κ2) is 8.24. The van der Waals surface area contributed by atoms with Gasteiger partial charge in [0.1, 0.15) is 0 Å². The van der Waals surface area contributed by atoms with Crippen molar-refractivity contribution in [1.29, 1.82) is 0 Å². The van der Waals surface area contributed by atoms with Gasteiger partial charge in [-0.3, -0.25) is 0 Å². The summed E-state index contributed by atoms with van der Waals surface area (Å²) in [4.78, 5) is 0.159. The van der Waals surface area contributed by atoms with Gasteiger partial charge in [-0.15, -0.1) is 0 Å². The third-order valence-electron chi connectivity index (χ3n) is 3.87. The number of sulfonamides is 2. The van der Waals surface area contributed by atoms with Gasteiger partial charge in [0.05, 0.1) is 10.6 Å². The molecule has 0 radical (unpaired) electrons. The predicted octanol–water partition coefficient (Wildman–Crippen LogP) is 0.695. The van der Waals surface area contributed by atoms with E-state index >= 15 is 0 Å². The maximum atomic E-state index is 12.7. The van der Waals surface area contributed by atoms with E-state index < -0.39 is 20.0 Å². The van der Waals surface area contributed by atoms with Crippen LogP contribution in [0.1, 0.15) is 6.92 Å². The summed E-state index contributed by atoms with van der Waals surface area (Å²) in [5, 5.41) is 3.10. The molecule has 1 aliphatic heterocycles. The van der Waals surface area contributed by atoms with Gasteiger partial charge in [0.25, 0.3) is 0 Å². The Morgan fingerprint density at radius 1 is 1.12 bits per heavy atom. The first-order valence-electron chi connectivity index (χ1n) is 7.71. The molecule has 1 aromatic rings. The molecule has 1 aliphatic rings. The first-order chi connectivity index (χ1) is 11.3. The summed E-state index contributed by atoms with van der Waals surface area (Å²) in [5.74, 6) is -0.212. The fourth-order valence-corrected chi connectivity index (χ4v) is 5.75. The third kappa shape index (κ3) is 4.77. The van der Waals surface area contributed by atoms with Crippen molar-refractivity contribution < 1.29 is 16.8 Å². The number of nitrogens with zero attached hydrogens (tertiary/aromatic N) is 2. The van der Waals surface area contributed by atoms with Gasteiger partial charge in [0.2, 0.25) is 20.0 Å².